The van der Waals surface area contributed by atoms with Crippen LogP contribution in [0.2, 0.25) is 5.02 Å². The molecule has 0 aliphatic heterocycles. The van der Waals surface area contributed by atoms with Crippen LogP contribution in [-0.2, 0) is 6.54 Å². The van der Waals surface area contributed by atoms with Crippen LogP contribution in [0.4, 0.5) is 4.39 Å². The summed E-state index contributed by atoms with van der Waals surface area (Å²) in [6, 6.07) is 1.58. The Morgan fingerprint density at radius 1 is 1.54 bits per heavy atom. The molecule has 2 N–H and O–H groups in total. The fourth-order valence-electron chi connectivity index (χ4n) is 1.20. The molecule has 0 amide bonds. The summed E-state index contributed by atoms with van der Waals surface area (Å²) in [4.78, 5) is 0. The zero-order chi connectivity index (χ0) is 10.0. The first-order chi connectivity index (χ1) is 6.07. The van der Waals surface area contributed by atoms with Crippen LogP contribution in [0.5, 0.6) is 0 Å². The monoisotopic (exact) mass is 203 g/mol. The van der Waals surface area contributed by atoms with Crippen molar-refractivity contribution in [2.75, 3.05) is 0 Å². The summed E-state index contributed by atoms with van der Waals surface area (Å²) in [6.45, 7) is 3.71. The first-order valence-corrected chi connectivity index (χ1v) is 4.26. The van der Waals surface area contributed by atoms with Gasteiger partial charge in [0.15, 0.2) is 0 Å². The zero-order valence-corrected chi connectivity index (χ0v) is 8.24. The number of halogens is 2. The molecule has 0 fully saturated rings. The molecule has 72 valence electrons. The van der Waals surface area contributed by atoms with E-state index in [2.05, 4.69) is 0 Å². The van der Waals surface area contributed by atoms with E-state index in [0.717, 1.165) is 11.1 Å². The lowest BCUT2D eigenvalue weighted by Gasteiger charge is -2.10. The van der Waals surface area contributed by atoms with E-state index in [1.165, 1.54) is 0 Å². The molecule has 0 spiro atoms. The average Bonchev–Trinajstić information content (AvgIpc) is 2.09. The Morgan fingerprint density at radius 3 is 2.69 bits per heavy atom. The molecule has 0 aliphatic rings. The van der Waals surface area contributed by atoms with Crippen molar-refractivity contribution in [3.05, 3.63) is 33.6 Å². The maximum Gasteiger partial charge on any atom is 0.146 e. The van der Waals surface area contributed by atoms with Gasteiger partial charge in [-0.2, -0.15) is 0 Å². The average molecular weight is 204 g/mol. The van der Waals surface area contributed by atoms with Gasteiger partial charge >= 0.3 is 0 Å². The van der Waals surface area contributed by atoms with Gasteiger partial charge in [-0.25, -0.2) is 9.87 Å². The fourth-order valence-corrected chi connectivity index (χ4v) is 1.48. The Balaban J connectivity index is 3.28. The molecular formula is C9H11ClFNO. The van der Waals surface area contributed by atoms with Gasteiger partial charge in [0.25, 0.3) is 0 Å². The molecule has 1 rings (SSSR count). The number of hydrogen-bond acceptors (Lipinski definition) is 2. The van der Waals surface area contributed by atoms with Crippen LogP contribution in [0.3, 0.4) is 0 Å². The first-order valence-electron chi connectivity index (χ1n) is 3.89. The van der Waals surface area contributed by atoms with Crippen LogP contribution in [-0.4, -0.2) is 5.21 Å². The zero-order valence-electron chi connectivity index (χ0n) is 7.49. The minimum Gasteiger partial charge on any atom is -0.316 e. The summed E-state index contributed by atoms with van der Waals surface area (Å²) >= 11 is 5.64. The maximum atomic E-state index is 13.3. The van der Waals surface area contributed by atoms with Gasteiger partial charge in [-0.1, -0.05) is 11.6 Å². The summed E-state index contributed by atoms with van der Waals surface area (Å²) in [5, 5.41) is 8.58. The highest BCUT2D eigenvalue weighted by Gasteiger charge is 2.11. The summed E-state index contributed by atoms with van der Waals surface area (Å²) in [7, 11) is 0. The van der Waals surface area contributed by atoms with Crippen molar-refractivity contribution in [3.63, 3.8) is 0 Å². The second-order valence-electron chi connectivity index (χ2n) is 2.93. The molecule has 0 bridgehead atoms. The number of nitrogens with one attached hydrogen (secondary N) is 1. The van der Waals surface area contributed by atoms with E-state index in [1.807, 2.05) is 12.4 Å². The van der Waals surface area contributed by atoms with Crippen molar-refractivity contribution in [3.8, 4) is 0 Å². The Labute approximate surface area is 81.3 Å². The van der Waals surface area contributed by atoms with E-state index in [9.17, 15) is 4.39 Å². The number of rotatable bonds is 2. The smallest absolute Gasteiger partial charge is 0.146 e. The van der Waals surface area contributed by atoms with Crippen LogP contribution >= 0.6 is 11.6 Å². The highest BCUT2D eigenvalue weighted by Crippen LogP contribution is 2.24. The predicted octanol–water partition coefficient (Wildman–Crippen LogP) is 2.57. The van der Waals surface area contributed by atoms with Gasteiger partial charge in [-0.15, -0.1) is 0 Å². The van der Waals surface area contributed by atoms with E-state index in [1.54, 1.807) is 13.0 Å². The topological polar surface area (TPSA) is 32.3 Å². The number of aryl methyl sites for hydroxylation is 1. The molecule has 0 saturated carbocycles. The van der Waals surface area contributed by atoms with Gasteiger partial charge in [0.1, 0.15) is 5.82 Å². The molecular weight excluding hydrogens is 193 g/mol. The van der Waals surface area contributed by atoms with Crippen LogP contribution in [0.25, 0.3) is 0 Å². The summed E-state index contributed by atoms with van der Waals surface area (Å²) in [5.41, 5.74) is 4.05. The van der Waals surface area contributed by atoms with Gasteiger partial charge in [-0.3, -0.25) is 0 Å². The molecule has 1 aromatic carbocycles. The molecule has 0 unspecified atom stereocenters. The molecule has 13 heavy (non-hydrogen) atoms. The van der Waals surface area contributed by atoms with Crippen molar-refractivity contribution in [2.24, 2.45) is 0 Å². The van der Waals surface area contributed by atoms with Crippen molar-refractivity contribution >= 4 is 11.6 Å². The third-order valence-electron chi connectivity index (χ3n) is 2.12. The summed E-state index contributed by atoms with van der Waals surface area (Å²) in [6.07, 6.45) is 0. The Kier molecular flexibility index (Phi) is 3.25. The minimum absolute atomic E-state index is 0.0685. The number of benzene rings is 1. The van der Waals surface area contributed by atoms with Crippen LogP contribution in [0.1, 0.15) is 16.7 Å². The van der Waals surface area contributed by atoms with Crippen LogP contribution in [0.15, 0.2) is 6.07 Å². The molecule has 0 saturated heterocycles. The molecule has 0 radical (unpaired) electrons. The Hall–Kier alpha value is -0.640. The third-order valence-corrected chi connectivity index (χ3v) is 2.39. The third kappa shape index (κ3) is 1.99. The van der Waals surface area contributed by atoms with Gasteiger partial charge in [0.2, 0.25) is 0 Å². The standard InChI is InChI=1S/C9H11ClFNO/c1-5-3-8(10)9(11)7(4-12-13)6(5)2/h3,12-13H,4H2,1-2H3. The second kappa shape index (κ2) is 4.05. The van der Waals surface area contributed by atoms with E-state index in [-0.39, 0.29) is 11.6 Å². The minimum atomic E-state index is -0.466. The lowest BCUT2D eigenvalue weighted by Crippen LogP contribution is -2.10. The number of hydrogen-bond donors (Lipinski definition) is 2. The van der Waals surface area contributed by atoms with Crippen molar-refractivity contribution < 1.29 is 9.60 Å². The molecule has 4 heteroatoms. The van der Waals surface area contributed by atoms with Crippen molar-refractivity contribution in [2.45, 2.75) is 20.4 Å². The van der Waals surface area contributed by atoms with Gasteiger partial charge in [0, 0.05) is 12.1 Å². The lowest BCUT2D eigenvalue weighted by molar-refractivity contribution is 0.159. The molecule has 0 atom stereocenters. The second-order valence-corrected chi connectivity index (χ2v) is 3.33. The maximum absolute atomic E-state index is 13.3. The van der Waals surface area contributed by atoms with E-state index < -0.39 is 5.82 Å². The highest BCUT2D eigenvalue weighted by molar-refractivity contribution is 6.30. The largest absolute Gasteiger partial charge is 0.316 e. The van der Waals surface area contributed by atoms with Crippen molar-refractivity contribution in [1.29, 1.82) is 0 Å². The molecule has 0 heterocycles. The van der Waals surface area contributed by atoms with E-state index >= 15 is 0 Å². The number of hydroxylamine groups is 1. The first kappa shape index (κ1) is 10.4. The van der Waals surface area contributed by atoms with Gasteiger partial charge < -0.3 is 5.21 Å². The fraction of sp³-hybridized carbons (Fsp3) is 0.333. The van der Waals surface area contributed by atoms with Gasteiger partial charge in [0.05, 0.1) is 5.02 Å². The molecule has 2 nitrogen and oxygen atoms in total. The molecule has 0 aromatic heterocycles. The Bertz CT molecular complexity index is 302. The summed E-state index contributed by atoms with van der Waals surface area (Å²) < 4.78 is 13.3. The van der Waals surface area contributed by atoms with Gasteiger partial charge in [-0.05, 0) is 31.0 Å². The summed E-state index contributed by atoms with van der Waals surface area (Å²) in [5.74, 6) is -0.466. The normalized spacial score (nSPS) is 10.5. The molecule has 1 aromatic rings. The van der Waals surface area contributed by atoms with E-state index in [4.69, 9.17) is 16.8 Å². The van der Waals surface area contributed by atoms with Crippen molar-refractivity contribution in [1.82, 2.24) is 5.48 Å². The lowest BCUT2D eigenvalue weighted by atomic mass is 10.0. The van der Waals surface area contributed by atoms with Crippen LogP contribution in [0, 0.1) is 19.7 Å². The van der Waals surface area contributed by atoms with Crippen LogP contribution < -0.4 is 5.48 Å². The SMILES string of the molecule is Cc1cc(Cl)c(F)c(CNO)c1C. The van der Waals surface area contributed by atoms with E-state index in [0.29, 0.717) is 5.56 Å². The highest BCUT2D eigenvalue weighted by atomic mass is 35.5. The molecule has 0 aliphatic carbocycles. The quantitative estimate of drug-likeness (QED) is 0.725. The predicted molar refractivity (Wildman–Crippen MR) is 49.5 cm³/mol. The Morgan fingerprint density at radius 2 is 2.15 bits per heavy atom.